The summed E-state index contributed by atoms with van der Waals surface area (Å²) in [5.41, 5.74) is 0. The van der Waals surface area contributed by atoms with Crippen molar-refractivity contribution in [2.75, 3.05) is 26.2 Å². The Labute approximate surface area is 146 Å². The normalized spacial score (nSPS) is 21.3. The minimum absolute atomic E-state index is 0. The minimum atomic E-state index is 0. The van der Waals surface area contributed by atoms with Gasteiger partial charge in [0, 0.05) is 18.6 Å². The van der Waals surface area contributed by atoms with Crippen molar-refractivity contribution in [3.63, 3.8) is 0 Å². The molecular formula is C16H31IN4. The summed E-state index contributed by atoms with van der Waals surface area (Å²) in [6, 6.07) is 1.13. The first-order valence-electron chi connectivity index (χ1n) is 8.27. The van der Waals surface area contributed by atoms with E-state index in [1.165, 1.54) is 32.4 Å². The summed E-state index contributed by atoms with van der Waals surface area (Å²) in [5.74, 6) is 0.985. The highest BCUT2D eigenvalue weighted by Gasteiger charge is 2.20. The molecule has 2 aliphatic rings. The van der Waals surface area contributed by atoms with Gasteiger partial charge in [-0.2, -0.15) is 0 Å². The van der Waals surface area contributed by atoms with Crippen molar-refractivity contribution in [3.05, 3.63) is 12.2 Å². The molecule has 2 rings (SSSR count). The summed E-state index contributed by atoms with van der Waals surface area (Å²) in [6.45, 7) is 8.75. The van der Waals surface area contributed by atoms with Gasteiger partial charge in [-0.25, -0.2) is 0 Å². The summed E-state index contributed by atoms with van der Waals surface area (Å²) in [6.07, 6.45) is 10.6. The van der Waals surface area contributed by atoms with E-state index in [9.17, 15) is 0 Å². The molecule has 1 unspecified atom stereocenters. The van der Waals surface area contributed by atoms with E-state index in [0.29, 0.717) is 12.1 Å². The van der Waals surface area contributed by atoms with Gasteiger partial charge in [-0.3, -0.25) is 9.89 Å². The Morgan fingerprint density at radius 2 is 1.90 bits per heavy atom. The molecule has 0 bridgehead atoms. The second-order valence-electron chi connectivity index (χ2n) is 5.81. The van der Waals surface area contributed by atoms with Gasteiger partial charge in [0.2, 0.25) is 0 Å². The predicted molar refractivity (Wildman–Crippen MR) is 102 cm³/mol. The molecule has 0 radical (unpaired) electrons. The molecule has 0 aromatic carbocycles. The first-order valence-corrected chi connectivity index (χ1v) is 8.27. The average Bonchev–Trinajstić information content (AvgIpc) is 3.12. The Balaban J connectivity index is 0.00000220. The summed E-state index contributed by atoms with van der Waals surface area (Å²) >= 11 is 0. The van der Waals surface area contributed by atoms with Crippen LogP contribution in [0.15, 0.2) is 17.1 Å². The Morgan fingerprint density at radius 1 is 1.24 bits per heavy atom. The molecule has 0 aromatic rings. The van der Waals surface area contributed by atoms with Crippen LogP contribution in [0.25, 0.3) is 0 Å². The number of guanidine groups is 1. The lowest BCUT2D eigenvalue weighted by atomic mass is 10.2. The van der Waals surface area contributed by atoms with Crippen molar-refractivity contribution in [2.45, 2.75) is 58.0 Å². The van der Waals surface area contributed by atoms with Crippen LogP contribution in [0, 0.1) is 0 Å². The predicted octanol–water partition coefficient (Wildman–Crippen LogP) is 2.75. The molecule has 4 nitrogen and oxygen atoms in total. The topological polar surface area (TPSA) is 39.7 Å². The first kappa shape index (κ1) is 18.7. The van der Waals surface area contributed by atoms with Crippen molar-refractivity contribution in [3.8, 4) is 0 Å². The Bertz CT molecular complexity index is 329. The summed E-state index contributed by atoms with van der Waals surface area (Å²) < 4.78 is 0. The largest absolute Gasteiger partial charge is 0.357 e. The zero-order chi connectivity index (χ0) is 14.2. The molecule has 2 N–H and O–H groups in total. The van der Waals surface area contributed by atoms with E-state index in [1.54, 1.807) is 0 Å². The molecule has 1 saturated heterocycles. The van der Waals surface area contributed by atoms with Crippen LogP contribution in [0.3, 0.4) is 0 Å². The molecular weight excluding hydrogens is 375 g/mol. The van der Waals surface area contributed by atoms with Crippen molar-refractivity contribution < 1.29 is 0 Å². The number of likely N-dealkylation sites (tertiary alicyclic amines) is 1. The van der Waals surface area contributed by atoms with Gasteiger partial charge in [0.15, 0.2) is 5.96 Å². The average molecular weight is 406 g/mol. The van der Waals surface area contributed by atoms with E-state index >= 15 is 0 Å². The van der Waals surface area contributed by atoms with E-state index in [2.05, 4.69) is 41.5 Å². The van der Waals surface area contributed by atoms with Gasteiger partial charge in [-0.15, -0.1) is 24.0 Å². The fourth-order valence-electron chi connectivity index (χ4n) is 3.05. The highest BCUT2D eigenvalue weighted by Crippen LogP contribution is 2.14. The maximum Gasteiger partial charge on any atom is 0.191 e. The summed E-state index contributed by atoms with van der Waals surface area (Å²) in [4.78, 5) is 7.42. The van der Waals surface area contributed by atoms with E-state index in [4.69, 9.17) is 4.99 Å². The van der Waals surface area contributed by atoms with Crippen LogP contribution in [0.4, 0.5) is 0 Å². The van der Waals surface area contributed by atoms with Crippen LogP contribution in [0.2, 0.25) is 0 Å². The highest BCUT2D eigenvalue weighted by molar-refractivity contribution is 14.0. The molecule has 0 saturated carbocycles. The standard InChI is InChI=1S/C16H30N4.HI/c1-3-15(20-11-7-8-12-20)13-18-16(17-4-2)19-14-9-5-6-10-14;/h5-6,14-15H,3-4,7-13H2,1-2H3,(H2,17,18,19);1H. The highest BCUT2D eigenvalue weighted by atomic mass is 127. The van der Waals surface area contributed by atoms with Crippen molar-refractivity contribution in [2.24, 2.45) is 4.99 Å². The molecule has 1 heterocycles. The molecule has 0 amide bonds. The molecule has 0 aromatic heterocycles. The van der Waals surface area contributed by atoms with Gasteiger partial charge >= 0.3 is 0 Å². The monoisotopic (exact) mass is 406 g/mol. The maximum atomic E-state index is 4.82. The van der Waals surface area contributed by atoms with E-state index < -0.39 is 0 Å². The van der Waals surface area contributed by atoms with Crippen LogP contribution in [-0.2, 0) is 0 Å². The van der Waals surface area contributed by atoms with Gasteiger partial charge in [0.1, 0.15) is 0 Å². The second kappa shape index (κ2) is 10.4. The van der Waals surface area contributed by atoms with Crippen LogP contribution in [0.1, 0.15) is 46.0 Å². The number of hydrogen-bond donors (Lipinski definition) is 2. The minimum Gasteiger partial charge on any atom is -0.357 e. The first-order chi connectivity index (χ1) is 9.83. The molecule has 21 heavy (non-hydrogen) atoms. The number of nitrogens with one attached hydrogen (secondary N) is 2. The van der Waals surface area contributed by atoms with Crippen molar-refractivity contribution in [1.82, 2.24) is 15.5 Å². The molecule has 0 spiro atoms. The molecule has 122 valence electrons. The maximum absolute atomic E-state index is 4.82. The molecule has 1 fully saturated rings. The number of nitrogens with zero attached hydrogens (tertiary/aromatic N) is 2. The third-order valence-electron chi connectivity index (χ3n) is 4.28. The number of hydrogen-bond acceptors (Lipinski definition) is 2. The smallest absolute Gasteiger partial charge is 0.191 e. The summed E-state index contributed by atoms with van der Waals surface area (Å²) in [5, 5.41) is 6.92. The van der Waals surface area contributed by atoms with E-state index in [1.807, 2.05) is 0 Å². The lowest BCUT2D eigenvalue weighted by molar-refractivity contribution is 0.242. The van der Waals surface area contributed by atoms with E-state index in [-0.39, 0.29) is 24.0 Å². The van der Waals surface area contributed by atoms with Crippen molar-refractivity contribution >= 4 is 29.9 Å². The third kappa shape index (κ3) is 6.14. The van der Waals surface area contributed by atoms with Gasteiger partial charge in [0.25, 0.3) is 0 Å². The Morgan fingerprint density at radius 3 is 2.48 bits per heavy atom. The quantitative estimate of drug-likeness (QED) is 0.309. The van der Waals surface area contributed by atoms with Gasteiger partial charge in [-0.05, 0) is 52.1 Å². The Kier molecular flexibility index (Phi) is 9.31. The van der Waals surface area contributed by atoms with Gasteiger partial charge in [0.05, 0.1) is 6.54 Å². The molecule has 1 atom stereocenters. The SMILES string of the molecule is CCNC(=NCC(CC)N1CCCC1)NC1CC=CC1.I. The molecule has 1 aliphatic heterocycles. The third-order valence-corrected chi connectivity index (χ3v) is 4.28. The number of aliphatic imine (C=N–C) groups is 1. The lowest BCUT2D eigenvalue weighted by Crippen LogP contribution is -2.43. The van der Waals surface area contributed by atoms with E-state index in [0.717, 1.165) is 31.9 Å². The van der Waals surface area contributed by atoms with Crippen molar-refractivity contribution in [1.29, 1.82) is 0 Å². The van der Waals surface area contributed by atoms with Gasteiger partial charge in [-0.1, -0.05) is 19.1 Å². The molecule has 5 heteroatoms. The summed E-state index contributed by atoms with van der Waals surface area (Å²) in [7, 11) is 0. The lowest BCUT2D eigenvalue weighted by Gasteiger charge is -2.25. The van der Waals surface area contributed by atoms with Gasteiger partial charge < -0.3 is 10.6 Å². The zero-order valence-electron chi connectivity index (χ0n) is 13.5. The fourth-order valence-corrected chi connectivity index (χ4v) is 3.05. The molecule has 1 aliphatic carbocycles. The fraction of sp³-hybridized carbons (Fsp3) is 0.812. The van der Waals surface area contributed by atoms with Crippen LogP contribution in [0.5, 0.6) is 0 Å². The number of rotatable bonds is 6. The number of halogens is 1. The van der Waals surface area contributed by atoms with Crippen LogP contribution < -0.4 is 10.6 Å². The van der Waals surface area contributed by atoms with Crippen LogP contribution in [-0.4, -0.2) is 49.1 Å². The van der Waals surface area contributed by atoms with Crippen LogP contribution >= 0.6 is 24.0 Å². The Hall–Kier alpha value is -0.300. The second-order valence-corrected chi connectivity index (χ2v) is 5.81. The zero-order valence-corrected chi connectivity index (χ0v) is 15.8.